The number of hydrazone groups is 1. The molecule has 1 saturated heterocycles. The van der Waals surface area contributed by atoms with Crippen molar-refractivity contribution in [1.82, 2.24) is 5.01 Å². The van der Waals surface area contributed by atoms with E-state index in [-0.39, 0.29) is 53.5 Å². The van der Waals surface area contributed by atoms with Gasteiger partial charge in [0.15, 0.2) is 5.75 Å². The van der Waals surface area contributed by atoms with E-state index in [0.29, 0.717) is 23.4 Å². The molecule has 1 aromatic carbocycles. The Labute approximate surface area is 182 Å². The van der Waals surface area contributed by atoms with Gasteiger partial charge in [0.2, 0.25) is 0 Å². The lowest BCUT2D eigenvalue weighted by atomic mass is 9.63. The number of rotatable bonds is 6. The normalized spacial score (nSPS) is 31.8. The molecule has 1 aliphatic heterocycles. The molecule has 9 nitrogen and oxygen atoms in total. The highest BCUT2D eigenvalue weighted by atomic mass is 16.6. The van der Waals surface area contributed by atoms with E-state index >= 15 is 0 Å². The van der Waals surface area contributed by atoms with Gasteiger partial charge in [-0.2, -0.15) is 10.1 Å². The van der Waals surface area contributed by atoms with Crippen LogP contribution in [0.2, 0.25) is 0 Å². The predicted octanol–water partition coefficient (Wildman–Crippen LogP) is 3.15. The Kier molecular flexibility index (Phi) is 4.08. The molecule has 6 atom stereocenters. The lowest BCUT2D eigenvalue weighted by Crippen LogP contribution is -2.40. The van der Waals surface area contributed by atoms with Gasteiger partial charge >= 0.3 is 5.69 Å². The van der Waals surface area contributed by atoms with Crippen LogP contribution in [-0.2, 0) is 16.2 Å². The average molecular weight is 433 g/mol. The van der Waals surface area contributed by atoms with Crippen molar-refractivity contribution in [3.05, 3.63) is 70.2 Å². The maximum atomic E-state index is 12.9. The third kappa shape index (κ3) is 2.80. The van der Waals surface area contributed by atoms with Crippen LogP contribution in [0.3, 0.4) is 0 Å². The van der Waals surface area contributed by atoms with E-state index in [9.17, 15) is 19.7 Å². The van der Waals surface area contributed by atoms with Crippen molar-refractivity contribution in [2.24, 2.45) is 40.6 Å². The minimum absolute atomic E-state index is 0.0117. The number of furan rings is 1. The largest absolute Gasteiger partial charge is 0.479 e. The number of imide groups is 1. The van der Waals surface area contributed by atoms with Crippen molar-refractivity contribution < 1.29 is 23.7 Å². The van der Waals surface area contributed by atoms with Gasteiger partial charge in [-0.15, -0.1) is 0 Å². The fourth-order valence-electron chi connectivity index (χ4n) is 5.59. The average Bonchev–Trinajstić information content (AvgIpc) is 3.45. The van der Waals surface area contributed by atoms with Gasteiger partial charge in [-0.05, 0) is 48.3 Å². The molecule has 2 aromatic rings. The number of nitro groups is 1. The van der Waals surface area contributed by atoms with Gasteiger partial charge < -0.3 is 9.15 Å². The molecule has 4 aliphatic carbocycles. The SMILES string of the molecule is O=C1[C@@H]2[C@H]3C=C[C@@H]([C@@H]4C[C@H]34)[C@H]2C(=O)N1/N=C\c1ccc(COc2ccccc2[N+](=O)[O-])o1. The first kappa shape index (κ1) is 19.0. The van der Waals surface area contributed by atoms with E-state index in [1.165, 1.54) is 18.3 Å². The fourth-order valence-corrected chi connectivity index (χ4v) is 5.59. The van der Waals surface area contributed by atoms with Crippen molar-refractivity contribution in [2.75, 3.05) is 0 Å². The lowest BCUT2D eigenvalue weighted by molar-refractivity contribution is -0.386. The zero-order chi connectivity index (χ0) is 22.0. The number of nitro benzene ring substituents is 1. The Hall–Kier alpha value is -3.75. The quantitative estimate of drug-likeness (QED) is 0.227. The van der Waals surface area contributed by atoms with E-state index in [4.69, 9.17) is 9.15 Å². The van der Waals surface area contributed by atoms with Crippen LogP contribution in [0.4, 0.5) is 5.69 Å². The Morgan fingerprint density at radius 2 is 1.78 bits per heavy atom. The number of nitrogens with zero attached hydrogens (tertiary/aromatic N) is 3. The van der Waals surface area contributed by atoms with Crippen molar-refractivity contribution in [1.29, 1.82) is 0 Å². The summed E-state index contributed by atoms with van der Waals surface area (Å²) in [6.07, 6.45) is 6.70. The van der Waals surface area contributed by atoms with E-state index in [0.717, 1.165) is 11.4 Å². The van der Waals surface area contributed by atoms with Crippen molar-refractivity contribution in [2.45, 2.75) is 13.0 Å². The van der Waals surface area contributed by atoms with Crippen LogP contribution in [0.15, 0.2) is 58.1 Å². The van der Waals surface area contributed by atoms with E-state index in [1.54, 1.807) is 24.3 Å². The Morgan fingerprint density at radius 3 is 2.47 bits per heavy atom. The highest BCUT2D eigenvalue weighted by Gasteiger charge is 2.67. The van der Waals surface area contributed by atoms with Gasteiger partial charge in [0.25, 0.3) is 11.8 Å². The summed E-state index contributed by atoms with van der Waals surface area (Å²) in [7, 11) is 0. The zero-order valence-corrected chi connectivity index (χ0v) is 16.9. The summed E-state index contributed by atoms with van der Waals surface area (Å²) >= 11 is 0. The van der Waals surface area contributed by atoms with Gasteiger partial charge in [0.1, 0.15) is 18.1 Å². The van der Waals surface area contributed by atoms with Gasteiger partial charge in [0.05, 0.1) is 23.0 Å². The third-order valence-corrected chi connectivity index (χ3v) is 7.05. The summed E-state index contributed by atoms with van der Waals surface area (Å²) in [5, 5.41) is 16.2. The molecule has 1 aromatic heterocycles. The number of hydrogen-bond acceptors (Lipinski definition) is 7. The highest BCUT2D eigenvalue weighted by molar-refractivity contribution is 6.06. The molecule has 3 fully saturated rings. The number of allylic oxidation sites excluding steroid dienone is 2. The number of ether oxygens (including phenoxy) is 1. The van der Waals surface area contributed by atoms with Crippen molar-refractivity contribution in [3.63, 3.8) is 0 Å². The minimum Gasteiger partial charge on any atom is -0.479 e. The second-order valence-electron chi connectivity index (χ2n) is 8.71. The second-order valence-corrected chi connectivity index (χ2v) is 8.71. The number of para-hydroxylation sites is 2. The summed E-state index contributed by atoms with van der Waals surface area (Å²) in [4.78, 5) is 36.4. The van der Waals surface area contributed by atoms with Gasteiger partial charge in [-0.3, -0.25) is 19.7 Å². The van der Waals surface area contributed by atoms with Crippen LogP contribution in [-0.4, -0.2) is 28.0 Å². The molecule has 5 aliphatic rings. The molecule has 2 bridgehead atoms. The molecular formula is C23H19N3O6. The molecule has 2 amide bonds. The highest BCUT2D eigenvalue weighted by Crippen LogP contribution is 2.65. The number of amides is 2. The minimum atomic E-state index is -0.511. The lowest BCUT2D eigenvalue weighted by Gasteiger charge is -2.37. The zero-order valence-electron chi connectivity index (χ0n) is 16.9. The van der Waals surface area contributed by atoms with Crippen LogP contribution in [0.1, 0.15) is 17.9 Å². The van der Waals surface area contributed by atoms with E-state index < -0.39 is 4.92 Å². The Balaban J connectivity index is 1.14. The smallest absolute Gasteiger partial charge is 0.310 e. The van der Waals surface area contributed by atoms with Crippen molar-refractivity contribution in [3.8, 4) is 5.75 Å². The maximum Gasteiger partial charge on any atom is 0.310 e. The molecule has 32 heavy (non-hydrogen) atoms. The van der Waals surface area contributed by atoms with E-state index in [1.807, 2.05) is 0 Å². The Morgan fingerprint density at radius 1 is 1.09 bits per heavy atom. The topological polar surface area (TPSA) is 115 Å². The van der Waals surface area contributed by atoms with Gasteiger partial charge in [-0.25, -0.2) is 0 Å². The first-order valence-electron chi connectivity index (χ1n) is 10.6. The number of benzene rings is 1. The summed E-state index contributed by atoms with van der Waals surface area (Å²) in [6.45, 7) is -0.0117. The van der Waals surface area contributed by atoms with Crippen LogP contribution >= 0.6 is 0 Å². The molecule has 0 spiro atoms. The molecular weight excluding hydrogens is 414 g/mol. The molecule has 0 unspecified atom stereocenters. The summed E-state index contributed by atoms with van der Waals surface area (Å²) in [6, 6.07) is 9.38. The van der Waals surface area contributed by atoms with Crippen LogP contribution in [0.25, 0.3) is 0 Å². The first-order valence-corrected chi connectivity index (χ1v) is 10.6. The van der Waals surface area contributed by atoms with E-state index in [2.05, 4.69) is 17.3 Å². The maximum absolute atomic E-state index is 12.9. The fraction of sp³-hybridized carbons (Fsp3) is 0.348. The van der Waals surface area contributed by atoms with Crippen LogP contribution in [0, 0.1) is 45.6 Å². The molecule has 0 radical (unpaired) electrons. The van der Waals surface area contributed by atoms with Crippen molar-refractivity contribution >= 4 is 23.7 Å². The summed E-state index contributed by atoms with van der Waals surface area (Å²) < 4.78 is 11.1. The first-order chi connectivity index (χ1) is 15.5. The monoisotopic (exact) mass is 433 g/mol. The number of carbonyl (C=O) groups is 2. The Bertz CT molecular complexity index is 1160. The molecule has 162 valence electrons. The second kappa shape index (κ2) is 6.88. The summed E-state index contributed by atoms with van der Waals surface area (Å²) in [5.41, 5.74) is -0.130. The van der Waals surface area contributed by atoms with Crippen LogP contribution < -0.4 is 4.74 Å². The van der Waals surface area contributed by atoms with Gasteiger partial charge in [-0.1, -0.05) is 24.3 Å². The third-order valence-electron chi connectivity index (χ3n) is 7.05. The molecule has 0 N–H and O–H groups in total. The number of carbonyl (C=O) groups excluding carboxylic acids is 2. The molecule has 2 saturated carbocycles. The molecule has 7 rings (SSSR count). The molecule has 9 heteroatoms. The van der Waals surface area contributed by atoms with Crippen LogP contribution in [0.5, 0.6) is 5.75 Å². The van der Waals surface area contributed by atoms with Gasteiger partial charge in [0, 0.05) is 6.07 Å². The summed E-state index contributed by atoms with van der Waals surface area (Å²) in [5.74, 6) is 1.27. The number of hydrogen-bond donors (Lipinski definition) is 0. The predicted molar refractivity (Wildman–Crippen MR) is 110 cm³/mol. The standard InChI is InChI=1S/C23H19N3O6/c27-22-20-14-7-8-15(17-9-16(14)17)21(20)23(28)25(22)24-10-12-5-6-13(32-12)11-31-19-4-2-1-3-18(19)26(29)30/h1-8,10,14-17,20-21H,9,11H2/b24-10-/t14-,15-,16-,17+,20+,21+/m0/s1. The molecule has 2 heterocycles.